The molecule has 32 heavy (non-hydrogen) atoms. The highest BCUT2D eigenvalue weighted by Crippen LogP contribution is 2.35. The molecule has 166 valence electrons. The maximum Gasteiger partial charge on any atom is 0.441 e. The summed E-state index contributed by atoms with van der Waals surface area (Å²) in [6, 6.07) is 10.0. The van der Waals surface area contributed by atoms with E-state index >= 15 is 0 Å². The number of aryl methyl sites for hydroxylation is 1. The molecule has 1 amide bonds. The van der Waals surface area contributed by atoms with Crippen molar-refractivity contribution in [3.8, 4) is 5.69 Å². The molecule has 2 aliphatic heterocycles. The summed E-state index contributed by atoms with van der Waals surface area (Å²) in [4.78, 5) is 16.2. The van der Waals surface area contributed by atoms with Crippen LogP contribution < -0.4 is 0 Å². The summed E-state index contributed by atoms with van der Waals surface area (Å²) < 4.78 is 41.0. The Morgan fingerprint density at radius 1 is 1.16 bits per heavy atom. The number of nitrogens with zero attached hydrogens (tertiary/aromatic N) is 4. The molecule has 1 aromatic heterocycles. The van der Waals surface area contributed by atoms with Crippen molar-refractivity contribution in [2.45, 2.75) is 39.8 Å². The fourth-order valence-electron chi connectivity index (χ4n) is 3.60. The number of aromatic nitrogens is 1. The number of carbonyl (C=O) groups is 1. The van der Waals surface area contributed by atoms with Crippen LogP contribution in [0.2, 0.25) is 0 Å². The van der Waals surface area contributed by atoms with E-state index in [0.29, 0.717) is 11.5 Å². The zero-order valence-corrected chi connectivity index (χ0v) is 18.6. The molecule has 0 atom stereocenters. The highest BCUT2D eigenvalue weighted by atomic mass is 32.2. The molecule has 6 nitrogen and oxygen atoms in total. The minimum Gasteiger partial charge on any atom is -0.318 e. The number of halogens is 3. The van der Waals surface area contributed by atoms with E-state index in [9.17, 15) is 18.0 Å². The quantitative estimate of drug-likeness (QED) is 0.625. The van der Waals surface area contributed by atoms with Crippen LogP contribution in [0.3, 0.4) is 0 Å². The van der Waals surface area contributed by atoms with E-state index in [1.165, 1.54) is 11.6 Å². The Bertz CT molecular complexity index is 1220. The predicted octanol–water partition coefficient (Wildman–Crippen LogP) is 5.40. The van der Waals surface area contributed by atoms with E-state index in [1.54, 1.807) is 0 Å². The Labute approximate surface area is 187 Å². The van der Waals surface area contributed by atoms with Crippen LogP contribution in [0.1, 0.15) is 42.3 Å². The van der Waals surface area contributed by atoms with Crippen LogP contribution in [0, 0.1) is 19.3 Å². The first-order valence-electron chi connectivity index (χ1n) is 9.84. The number of carbonyl (C=O) groups excluding carboxylic acids is 1. The molecule has 2 aromatic rings. The first kappa shape index (κ1) is 22.1. The number of alkyl halides is 3. The summed E-state index contributed by atoms with van der Waals surface area (Å²) in [7, 11) is 0. The highest BCUT2D eigenvalue weighted by molar-refractivity contribution is 8.27. The van der Waals surface area contributed by atoms with Crippen molar-refractivity contribution in [1.29, 1.82) is 5.41 Å². The van der Waals surface area contributed by atoms with Gasteiger partial charge in [-0.15, -0.1) is 0 Å². The number of benzene rings is 1. The number of thioether (sulfide) groups is 1. The summed E-state index contributed by atoms with van der Waals surface area (Å²) in [6.45, 7) is 8.05. The number of aliphatic imine (C=N–C) groups is 1. The molecule has 0 fully saturated rings. The lowest BCUT2D eigenvalue weighted by Crippen LogP contribution is -2.35. The van der Waals surface area contributed by atoms with Gasteiger partial charge in [0.15, 0.2) is 5.84 Å². The molecule has 0 radical (unpaired) electrons. The maximum atomic E-state index is 13.0. The van der Waals surface area contributed by atoms with Gasteiger partial charge in [0.2, 0.25) is 10.2 Å². The SMILES string of the molecule is Cc1cc(/C=C2/C(=N)N3N=C(C(F)(F)F)SC3=NC2=O)c(C)n1-c1ccc(C(C)C)cc1. The van der Waals surface area contributed by atoms with Crippen molar-refractivity contribution in [3.63, 3.8) is 0 Å². The molecule has 0 saturated carbocycles. The minimum absolute atomic E-state index is 0.114. The smallest absolute Gasteiger partial charge is 0.318 e. The van der Waals surface area contributed by atoms with Gasteiger partial charge in [0.25, 0.3) is 5.91 Å². The van der Waals surface area contributed by atoms with E-state index in [-0.39, 0.29) is 22.5 Å². The molecule has 0 aliphatic carbocycles. The van der Waals surface area contributed by atoms with Crippen LogP contribution in [0.25, 0.3) is 11.8 Å². The third-order valence-corrected chi connectivity index (χ3v) is 6.24. The standard InChI is InChI=1S/C22H20F3N5OS/c1-11(2)14-5-7-16(8-6-14)29-12(3)9-15(13(29)4)10-17-18(26)30-21(27-19(17)31)32-20(28-30)22(23,24)25/h5-11,26H,1-4H3/b17-10-,26-18?. The fraction of sp³-hybridized carbons (Fsp3) is 0.273. The van der Waals surface area contributed by atoms with Gasteiger partial charge < -0.3 is 4.57 Å². The van der Waals surface area contributed by atoms with Gasteiger partial charge in [0.1, 0.15) is 0 Å². The monoisotopic (exact) mass is 459 g/mol. The van der Waals surface area contributed by atoms with Crippen LogP contribution >= 0.6 is 11.8 Å². The molecule has 1 N–H and O–H groups in total. The lowest BCUT2D eigenvalue weighted by atomic mass is 10.0. The van der Waals surface area contributed by atoms with Gasteiger partial charge in [-0.05, 0) is 66.9 Å². The highest BCUT2D eigenvalue weighted by Gasteiger charge is 2.46. The average molecular weight is 459 g/mol. The maximum absolute atomic E-state index is 13.0. The van der Waals surface area contributed by atoms with Crippen molar-refractivity contribution >= 4 is 39.8 Å². The van der Waals surface area contributed by atoms with Crippen LogP contribution in [0.5, 0.6) is 0 Å². The molecule has 0 bridgehead atoms. The zero-order valence-electron chi connectivity index (χ0n) is 17.8. The summed E-state index contributed by atoms with van der Waals surface area (Å²) in [6.07, 6.45) is -3.19. The molecule has 0 saturated heterocycles. The minimum atomic E-state index is -4.67. The molecular weight excluding hydrogens is 439 g/mol. The largest absolute Gasteiger partial charge is 0.441 e. The second-order valence-corrected chi connectivity index (χ2v) is 8.79. The summed E-state index contributed by atoms with van der Waals surface area (Å²) in [5, 5.41) is 11.0. The molecule has 1 aromatic carbocycles. The molecule has 10 heteroatoms. The van der Waals surface area contributed by atoms with Crippen molar-refractivity contribution in [1.82, 2.24) is 9.58 Å². The Balaban J connectivity index is 1.71. The van der Waals surface area contributed by atoms with Gasteiger partial charge in [0, 0.05) is 17.1 Å². The van der Waals surface area contributed by atoms with Gasteiger partial charge in [0.05, 0.1) is 5.57 Å². The number of hydrazone groups is 1. The van der Waals surface area contributed by atoms with Gasteiger partial charge in [-0.25, -0.2) is 0 Å². The topological polar surface area (TPSA) is 73.8 Å². The molecule has 2 aliphatic rings. The lowest BCUT2D eigenvalue weighted by Gasteiger charge is -2.20. The number of hydrogen-bond acceptors (Lipinski definition) is 4. The van der Waals surface area contributed by atoms with Crippen molar-refractivity contribution < 1.29 is 18.0 Å². The summed E-state index contributed by atoms with van der Waals surface area (Å²) in [5.74, 6) is -0.787. The Morgan fingerprint density at radius 2 is 1.81 bits per heavy atom. The van der Waals surface area contributed by atoms with E-state index in [1.807, 2.05) is 36.6 Å². The number of amidine groups is 2. The number of nitrogens with one attached hydrogen (secondary N) is 1. The predicted molar refractivity (Wildman–Crippen MR) is 120 cm³/mol. The zero-order chi connectivity index (χ0) is 23.4. The Kier molecular flexibility index (Phi) is 5.36. The number of hydrogen-bond donors (Lipinski definition) is 1. The van der Waals surface area contributed by atoms with Crippen LogP contribution in [-0.2, 0) is 4.79 Å². The average Bonchev–Trinajstić information content (AvgIpc) is 3.26. The van der Waals surface area contributed by atoms with E-state index < -0.39 is 23.0 Å². The third kappa shape index (κ3) is 3.79. The first-order valence-corrected chi connectivity index (χ1v) is 10.7. The van der Waals surface area contributed by atoms with Gasteiger partial charge >= 0.3 is 6.18 Å². The fourth-order valence-corrected chi connectivity index (χ4v) is 4.36. The van der Waals surface area contributed by atoms with Crippen LogP contribution in [0.15, 0.2) is 46.0 Å². The molecule has 0 spiro atoms. The van der Waals surface area contributed by atoms with E-state index in [2.05, 4.69) is 36.1 Å². The second-order valence-electron chi connectivity index (χ2n) is 7.83. The Hall–Kier alpha value is -3.14. The first-order chi connectivity index (χ1) is 15.0. The molecule has 3 heterocycles. The van der Waals surface area contributed by atoms with Gasteiger partial charge in [-0.1, -0.05) is 26.0 Å². The van der Waals surface area contributed by atoms with E-state index in [0.717, 1.165) is 22.1 Å². The summed E-state index contributed by atoms with van der Waals surface area (Å²) >= 11 is 0.235. The van der Waals surface area contributed by atoms with E-state index in [4.69, 9.17) is 5.41 Å². The van der Waals surface area contributed by atoms with Gasteiger partial charge in [-0.2, -0.15) is 28.3 Å². The van der Waals surface area contributed by atoms with Crippen molar-refractivity contribution in [2.24, 2.45) is 10.1 Å². The normalized spacial score (nSPS) is 17.9. The Morgan fingerprint density at radius 3 is 2.41 bits per heavy atom. The summed E-state index contributed by atoms with van der Waals surface area (Å²) in [5.41, 5.74) is 4.48. The molecular formula is C22H20F3N5OS. The second kappa shape index (κ2) is 7.77. The molecule has 4 rings (SSSR count). The lowest BCUT2D eigenvalue weighted by molar-refractivity contribution is -0.114. The number of amides is 1. The number of rotatable bonds is 3. The molecule has 0 unspecified atom stereocenters. The van der Waals surface area contributed by atoms with Crippen LogP contribution in [0.4, 0.5) is 13.2 Å². The van der Waals surface area contributed by atoms with Crippen molar-refractivity contribution in [2.75, 3.05) is 0 Å². The van der Waals surface area contributed by atoms with Crippen LogP contribution in [-0.4, -0.2) is 37.7 Å². The number of fused-ring (bicyclic) bond motifs is 1. The third-order valence-electron chi connectivity index (χ3n) is 5.29. The van der Waals surface area contributed by atoms with Gasteiger partial charge in [-0.3, -0.25) is 10.2 Å². The van der Waals surface area contributed by atoms with Crippen molar-refractivity contribution in [3.05, 3.63) is 58.4 Å².